The van der Waals surface area contributed by atoms with E-state index in [4.69, 9.17) is 16.3 Å². The van der Waals surface area contributed by atoms with Crippen molar-refractivity contribution in [2.24, 2.45) is 0 Å². The molecule has 2 aromatic carbocycles. The Bertz CT molecular complexity index is 1090. The number of ether oxygens (including phenoxy) is 1. The van der Waals surface area contributed by atoms with Gasteiger partial charge in [0.25, 0.3) is 11.6 Å². The van der Waals surface area contributed by atoms with Crippen LogP contribution in [0.1, 0.15) is 31.0 Å². The van der Waals surface area contributed by atoms with Crippen LogP contribution in [0.3, 0.4) is 0 Å². The van der Waals surface area contributed by atoms with E-state index < -0.39 is 16.8 Å². The molecule has 1 amide bonds. The first kappa shape index (κ1) is 21.3. The molecule has 0 aromatic heterocycles. The molecule has 1 heterocycles. The summed E-state index contributed by atoms with van der Waals surface area (Å²) in [5.41, 5.74) is 1.60. The number of carbonyl (C=O) groups excluding carboxylic acids is 2. The Labute approximate surface area is 178 Å². The molecular weight excluding hydrogens is 408 g/mol. The van der Waals surface area contributed by atoms with Crippen molar-refractivity contribution in [3.8, 4) is 0 Å². The molecule has 7 nitrogen and oxygen atoms in total. The number of hydrogen-bond acceptors (Lipinski definition) is 5. The Morgan fingerprint density at radius 1 is 1.23 bits per heavy atom. The van der Waals surface area contributed by atoms with E-state index in [2.05, 4.69) is 0 Å². The number of benzene rings is 2. The van der Waals surface area contributed by atoms with Crippen molar-refractivity contribution >= 4 is 35.2 Å². The highest BCUT2D eigenvalue weighted by Crippen LogP contribution is 2.38. The quantitative estimate of drug-likeness (QED) is 0.299. The zero-order valence-corrected chi connectivity index (χ0v) is 17.3. The fraction of sp³-hybridized carbons (Fsp3) is 0.182. The lowest BCUT2D eigenvalue weighted by molar-refractivity contribution is -0.384. The number of nitro groups is 1. The Hall–Kier alpha value is -3.45. The van der Waals surface area contributed by atoms with E-state index in [1.165, 1.54) is 36.3 Å². The van der Waals surface area contributed by atoms with Crippen LogP contribution in [-0.4, -0.2) is 28.8 Å². The fourth-order valence-corrected chi connectivity index (χ4v) is 3.63. The third-order valence-electron chi connectivity index (χ3n) is 4.99. The van der Waals surface area contributed by atoms with Gasteiger partial charge in [-0.3, -0.25) is 14.9 Å². The number of nitro benzene ring substituents is 1. The number of non-ortho nitro benzene ring substituents is 1. The van der Waals surface area contributed by atoms with Gasteiger partial charge in [0.15, 0.2) is 0 Å². The topological polar surface area (TPSA) is 89.8 Å². The maximum absolute atomic E-state index is 13.3. The van der Waals surface area contributed by atoms with Crippen LogP contribution in [0.4, 0.5) is 5.69 Å². The Morgan fingerprint density at radius 3 is 2.50 bits per heavy atom. The van der Waals surface area contributed by atoms with Crippen molar-refractivity contribution in [2.45, 2.75) is 19.9 Å². The molecule has 0 bridgehead atoms. The summed E-state index contributed by atoms with van der Waals surface area (Å²) in [5, 5.41) is 11.3. The summed E-state index contributed by atoms with van der Waals surface area (Å²) in [6.45, 7) is 3.52. The van der Waals surface area contributed by atoms with Crippen LogP contribution in [-0.2, 0) is 14.3 Å². The monoisotopic (exact) mass is 426 g/mol. The molecule has 1 atom stereocenters. The maximum atomic E-state index is 13.3. The summed E-state index contributed by atoms with van der Waals surface area (Å²) in [5.74, 6) is -1.08. The van der Waals surface area contributed by atoms with Crippen molar-refractivity contribution in [3.63, 3.8) is 0 Å². The highest BCUT2D eigenvalue weighted by molar-refractivity contribution is 6.32. The summed E-state index contributed by atoms with van der Waals surface area (Å²) in [4.78, 5) is 37.9. The van der Waals surface area contributed by atoms with E-state index in [1.807, 2.05) is 37.3 Å². The summed E-state index contributed by atoms with van der Waals surface area (Å²) in [6.07, 6.45) is 1.39. The summed E-state index contributed by atoms with van der Waals surface area (Å²) >= 11 is 6.20. The number of allylic oxidation sites excluding steroid dienone is 1. The van der Waals surface area contributed by atoms with Gasteiger partial charge in [-0.25, -0.2) is 4.79 Å². The molecule has 0 saturated heterocycles. The van der Waals surface area contributed by atoms with E-state index in [0.29, 0.717) is 5.70 Å². The number of amides is 1. The standard InChI is InChI=1S/C22H19ClN2O5/c1-13(15-7-5-4-6-8-15)24-14(2)20(22(27)30-3)18(21(24)26)12-16-11-17(25(28)29)9-10-19(16)23/h4-13H,1-3H3/b18-12-/t13-/m0/s1. The zero-order chi connectivity index (χ0) is 22.0. The van der Waals surface area contributed by atoms with E-state index in [-0.39, 0.29) is 33.5 Å². The third kappa shape index (κ3) is 3.84. The third-order valence-corrected chi connectivity index (χ3v) is 5.33. The van der Waals surface area contributed by atoms with E-state index in [9.17, 15) is 19.7 Å². The SMILES string of the molecule is COC(=O)C1=C(C)N([C@@H](C)c2ccccc2)C(=O)/C1=C\c1cc([N+](=O)[O-])ccc1Cl. The minimum atomic E-state index is -0.670. The highest BCUT2D eigenvalue weighted by Gasteiger charge is 2.39. The molecule has 2 aromatic rings. The van der Waals surface area contributed by atoms with Crippen LogP contribution in [0.15, 0.2) is 65.4 Å². The molecule has 0 fully saturated rings. The molecule has 0 unspecified atom stereocenters. The molecule has 0 aliphatic carbocycles. The number of halogens is 1. The minimum absolute atomic E-state index is 0.0736. The Balaban J connectivity index is 2.14. The van der Waals surface area contributed by atoms with Crippen LogP contribution in [0, 0.1) is 10.1 Å². The highest BCUT2D eigenvalue weighted by atomic mass is 35.5. The molecular formula is C22H19ClN2O5. The normalized spacial score (nSPS) is 16.2. The largest absolute Gasteiger partial charge is 0.465 e. The predicted octanol–water partition coefficient (Wildman–Crippen LogP) is 4.68. The van der Waals surface area contributed by atoms with E-state index in [1.54, 1.807) is 6.92 Å². The zero-order valence-electron chi connectivity index (χ0n) is 16.6. The molecule has 0 spiro atoms. The number of esters is 1. The molecule has 0 N–H and O–H groups in total. The molecule has 0 radical (unpaired) electrons. The second kappa shape index (κ2) is 8.51. The molecule has 154 valence electrons. The van der Waals surface area contributed by atoms with E-state index >= 15 is 0 Å². The van der Waals surface area contributed by atoms with Gasteiger partial charge in [-0.2, -0.15) is 0 Å². The molecule has 1 aliphatic rings. The number of rotatable bonds is 5. The van der Waals surface area contributed by atoms with Crippen LogP contribution < -0.4 is 0 Å². The lowest BCUT2D eigenvalue weighted by Gasteiger charge is -2.26. The van der Waals surface area contributed by atoms with Crippen molar-refractivity contribution in [2.75, 3.05) is 7.11 Å². The van der Waals surface area contributed by atoms with Crippen LogP contribution >= 0.6 is 11.6 Å². The first-order valence-corrected chi connectivity index (χ1v) is 9.47. The number of nitrogens with zero attached hydrogens (tertiary/aromatic N) is 2. The first-order valence-electron chi connectivity index (χ1n) is 9.10. The van der Waals surface area contributed by atoms with Gasteiger partial charge in [0.2, 0.25) is 0 Å². The first-order chi connectivity index (χ1) is 14.3. The number of carbonyl (C=O) groups is 2. The average molecular weight is 427 g/mol. The second-order valence-electron chi connectivity index (χ2n) is 6.73. The van der Waals surface area contributed by atoms with Gasteiger partial charge in [0, 0.05) is 28.4 Å². The average Bonchev–Trinajstić information content (AvgIpc) is 2.98. The van der Waals surface area contributed by atoms with Gasteiger partial charge < -0.3 is 9.64 Å². The van der Waals surface area contributed by atoms with E-state index in [0.717, 1.165) is 5.56 Å². The minimum Gasteiger partial charge on any atom is -0.465 e. The smallest absolute Gasteiger partial charge is 0.340 e. The molecule has 8 heteroatoms. The van der Waals surface area contributed by atoms with Crippen LogP contribution in [0.5, 0.6) is 0 Å². The van der Waals surface area contributed by atoms with Crippen molar-refractivity contribution in [3.05, 3.63) is 91.6 Å². The van der Waals surface area contributed by atoms with Gasteiger partial charge in [-0.15, -0.1) is 0 Å². The van der Waals surface area contributed by atoms with Crippen molar-refractivity contribution in [1.82, 2.24) is 4.90 Å². The van der Waals surface area contributed by atoms with Gasteiger partial charge in [0.05, 0.1) is 29.2 Å². The molecule has 1 aliphatic heterocycles. The van der Waals surface area contributed by atoms with Crippen LogP contribution in [0.2, 0.25) is 5.02 Å². The van der Waals surface area contributed by atoms with Gasteiger partial charge in [0.1, 0.15) is 0 Å². The Kier molecular flexibility index (Phi) is 6.03. The van der Waals surface area contributed by atoms with Gasteiger partial charge in [-0.05, 0) is 31.6 Å². The molecule has 0 saturated carbocycles. The molecule has 30 heavy (non-hydrogen) atoms. The van der Waals surface area contributed by atoms with Gasteiger partial charge >= 0.3 is 5.97 Å². The summed E-state index contributed by atoms with van der Waals surface area (Å²) < 4.78 is 4.89. The lowest BCUT2D eigenvalue weighted by Crippen LogP contribution is -2.28. The Morgan fingerprint density at radius 2 is 1.90 bits per heavy atom. The van der Waals surface area contributed by atoms with Crippen molar-refractivity contribution < 1.29 is 19.2 Å². The number of methoxy groups -OCH3 is 1. The van der Waals surface area contributed by atoms with Gasteiger partial charge in [-0.1, -0.05) is 41.9 Å². The molecule has 3 rings (SSSR count). The van der Waals surface area contributed by atoms with Crippen LogP contribution in [0.25, 0.3) is 6.08 Å². The fourth-order valence-electron chi connectivity index (χ4n) is 3.46. The number of hydrogen-bond donors (Lipinski definition) is 0. The van der Waals surface area contributed by atoms with Crippen molar-refractivity contribution in [1.29, 1.82) is 0 Å². The lowest BCUT2D eigenvalue weighted by atomic mass is 10.0. The second-order valence-corrected chi connectivity index (χ2v) is 7.14. The summed E-state index contributed by atoms with van der Waals surface area (Å²) in [6, 6.07) is 13.0. The maximum Gasteiger partial charge on any atom is 0.340 e. The summed E-state index contributed by atoms with van der Waals surface area (Å²) in [7, 11) is 1.23. The predicted molar refractivity (Wildman–Crippen MR) is 113 cm³/mol.